The van der Waals surface area contributed by atoms with Crippen LogP contribution in [0.4, 0.5) is 0 Å². The minimum atomic E-state index is -0.694. The van der Waals surface area contributed by atoms with Crippen molar-refractivity contribution in [2.45, 2.75) is 32.3 Å². The van der Waals surface area contributed by atoms with E-state index in [1.807, 2.05) is 12.1 Å². The van der Waals surface area contributed by atoms with Crippen molar-refractivity contribution in [1.29, 1.82) is 0 Å². The van der Waals surface area contributed by atoms with Gasteiger partial charge in [0.05, 0.1) is 23.8 Å². The highest BCUT2D eigenvalue weighted by molar-refractivity contribution is 6.06. The quantitative estimate of drug-likeness (QED) is 0.790. The average molecular weight is 316 g/mol. The van der Waals surface area contributed by atoms with E-state index in [0.717, 1.165) is 23.7 Å². The Bertz CT molecular complexity index is 708. The maximum Gasteiger partial charge on any atom is 0.253 e. The zero-order valence-electron chi connectivity index (χ0n) is 13.7. The van der Waals surface area contributed by atoms with Crippen LogP contribution in [0.25, 0.3) is 10.9 Å². The normalized spacial score (nSPS) is 18.7. The van der Waals surface area contributed by atoms with E-state index in [0.29, 0.717) is 11.5 Å². The third-order valence-electron chi connectivity index (χ3n) is 4.57. The Morgan fingerprint density at radius 2 is 2.35 bits per heavy atom. The maximum atomic E-state index is 12.5. The fourth-order valence-corrected chi connectivity index (χ4v) is 3.36. The van der Waals surface area contributed by atoms with Crippen molar-refractivity contribution >= 4 is 16.8 Å². The second-order valence-electron chi connectivity index (χ2n) is 6.48. The fourth-order valence-electron chi connectivity index (χ4n) is 3.36. The van der Waals surface area contributed by atoms with Crippen LogP contribution in [0.15, 0.2) is 18.2 Å². The van der Waals surface area contributed by atoms with Crippen molar-refractivity contribution in [3.05, 3.63) is 35.0 Å². The number of aryl methyl sites for hydroxylation is 1. The highest BCUT2D eigenvalue weighted by Gasteiger charge is 2.22. The number of rotatable bonds is 5. The molecule has 5 heteroatoms. The number of benzene rings is 1. The molecular formula is C18H24N2O3. The Hall–Kier alpha value is -1.85. The molecule has 23 heavy (non-hydrogen) atoms. The average Bonchev–Trinajstić information content (AvgIpc) is 2.91. The highest BCUT2D eigenvalue weighted by atomic mass is 16.5. The molecule has 124 valence electrons. The number of nitrogens with one attached hydrogen (secondary N) is 2. The number of hydrogen-bond donors (Lipinski definition) is 3. The molecule has 2 atom stereocenters. The van der Waals surface area contributed by atoms with E-state index in [2.05, 4.69) is 23.3 Å². The van der Waals surface area contributed by atoms with E-state index in [1.165, 1.54) is 24.8 Å². The predicted molar refractivity (Wildman–Crippen MR) is 89.7 cm³/mol. The summed E-state index contributed by atoms with van der Waals surface area (Å²) in [5.41, 5.74) is 4.16. The first kappa shape index (κ1) is 16.0. The van der Waals surface area contributed by atoms with Gasteiger partial charge >= 0.3 is 0 Å². The molecule has 0 fully saturated rings. The standard InChI is InChI=1S/C18H24N2O3/c1-11-6-7-16-15(8-11)13-4-3-5-14(17(13)20-16)18(22)19-9-12(21)10-23-2/h3-5,11-12,20-21H,6-10H2,1-2H3,(H,19,22). The van der Waals surface area contributed by atoms with Gasteiger partial charge in [-0.15, -0.1) is 0 Å². The number of carbonyl (C=O) groups excluding carboxylic acids is 1. The summed E-state index contributed by atoms with van der Waals surface area (Å²) in [7, 11) is 1.52. The zero-order valence-corrected chi connectivity index (χ0v) is 13.7. The lowest BCUT2D eigenvalue weighted by atomic mass is 9.87. The van der Waals surface area contributed by atoms with Crippen molar-refractivity contribution in [2.24, 2.45) is 5.92 Å². The fraction of sp³-hybridized carbons (Fsp3) is 0.500. The minimum Gasteiger partial charge on any atom is -0.389 e. The largest absolute Gasteiger partial charge is 0.389 e. The van der Waals surface area contributed by atoms with Gasteiger partial charge < -0.3 is 20.1 Å². The second-order valence-corrected chi connectivity index (χ2v) is 6.48. The molecule has 5 nitrogen and oxygen atoms in total. The Morgan fingerprint density at radius 3 is 3.13 bits per heavy atom. The molecule has 3 N–H and O–H groups in total. The van der Waals surface area contributed by atoms with Crippen molar-refractivity contribution < 1.29 is 14.6 Å². The van der Waals surface area contributed by atoms with Crippen molar-refractivity contribution in [2.75, 3.05) is 20.3 Å². The van der Waals surface area contributed by atoms with Gasteiger partial charge in [-0.05, 0) is 36.8 Å². The molecule has 1 aliphatic rings. The summed E-state index contributed by atoms with van der Waals surface area (Å²) in [5.74, 6) is 0.514. The molecule has 1 heterocycles. The smallest absolute Gasteiger partial charge is 0.253 e. The van der Waals surface area contributed by atoms with E-state index < -0.39 is 6.10 Å². The number of aromatic nitrogens is 1. The Morgan fingerprint density at radius 1 is 1.52 bits per heavy atom. The number of fused-ring (bicyclic) bond motifs is 3. The van der Waals surface area contributed by atoms with Crippen LogP contribution < -0.4 is 5.32 Å². The predicted octanol–water partition coefficient (Wildman–Crippen LogP) is 2.03. The SMILES string of the molecule is COCC(O)CNC(=O)c1cccc2c3c([nH]c12)CCC(C)C3. The monoisotopic (exact) mass is 316 g/mol. The van der Waals surface area contributed by atoms with Crippen molar-refractivity contribution in [3.63, 3.8) is 0 Å². The number of methoxy groups -OCH3 is 1. The van der Waals surface area contributed by atoms with Crippen molar-refractivity contribution in [1.82, 2.24) is 10.3 Å². The molecule has 0 bridgehead atoms. The van der Waals surface area contributed by atoms with Gasteiger partial charge in [-0.25, -0.2) is 0 Å². The van der Waals surface area contributed by atoms with Crippen LogP contribution in [0.2, 0.25) is 0 Å². The third-order valence-corrected chi connectivity index (χ3v) is 4.57. The summed E-state index contributed by atoms with van der Waals surface area (Å²) in [5, 5.41) is 13.6. The molecular weight excluding hydrogens is 292 g/mol. The van der Waals surface area contributed by atoms with Crippen LogP contribution >= 0.6 is 0 Å². The van der Waals surface area contributed by atoms with E-state index in [1.54, 1.807) is 0 Å². The molecule has 0 radical (unpaired) electrons. The van der Waals surface area contributed by atoms with Gasteiger partial charge in [0.25, 0.3) is 5.91 Å². The van der Waals surface area contributed by atoms with E-state index in [4.69, 9.17) is 4.74 Å². The number of hydrogen-bond acceptors (Lipinski definition) is 3. The van der Waals surface area contributed by atoms with Crippen LogP contribution in [0.1, 0.15) is 35.0 Å². The summed E-state index contributed by atoms with van der Waals surface area (Å²) >= 11 is 0. The summed E-state index contributed by atoms with van der Waals surface area (Å²) in [4.78, 5) is 15.9. The Balaban J connectivity index is 1.85. The summed E-state index contributed by atoms with van der Waals surface area (Å²) in [6.45, 7) is 2.66. The van der Waals surface area contributed by atoms with Gasteiger partial charge in [0, 0.05) is 24.7 Å². The summed E-state index contributed by atoms with van der Waals surface area (Å²) in [6, 6.07) is 5.83. The molecule has 0 aliphatic heterocycles. The number of aliphatic hydroxyl groups excluding tert-OH is 1. The van der Waals surface area contributed by atoms with Crippen LogP contribution in [-0.2, 0) is 17.6 Å². The summed E-state index contributed by atoms with van der Waals surface area (Å²) < 4.78 is 4.87. The van der Waals surface area contributed by atoms with Crippen LogP contribution in [0, 0.1) is 5.92 Å². The number of para-hydroxylation sites is 1. The maximum absolute atomic E-state index is 12.5. The number of H-pyrrole nitrogens is 1. The minimum absolute atomic E-state index is 0.169. The topological polar surface area (TPSA) is 74.3 Å². The van der Waals surface area contributed by atoms with E-state index in [9.17, 15) is 9.90 Å². The van der Waals surface area contributed by atoms with E-state index in [-0.39, 0.29) is 19.1 Å². The number of ether oxygens (including phenoxy) is 1. The lowest BCUT2D eigenvalue weighted by Crippen LogP contribution is -2.34. The summed E-state index contributed by atoms with van der Waals surface area (Å²) in [6.07, 6.45) is 2.59. The molecule has 1 amide bonds. The van der Waals surface area contributed by atoms with Gasteiger partial charge in [-0.3, -0.25) is 4.79 Å². The molecule has 1 aromatic carbocycles. The van der Waals surface area contributed by atoms with Gasteiger partial charge in [-0.1, -0.05) is 19.1 Å². The second kappa shape index (κ2) is 6.72. The van der Waals surface area contributed by atoms with Crippen LogP contribution in [0.5, 0.6) is 0 Å². The van der Waals surface area contributed by atoms with Crippen molar-refractivity contribution in [3.8, 4) is 0 Å². The molecule has 0 spiro atoms. The molecule has 1 aliphatic carbocycles. The first-order valence-corrected chi connectivity index (χ1v) is 8.17. The van der Waals surface area contributed by atoms with Gasteiger partial charge in [-0.2, -0.15) is 0 Å². The Labute approximate surface area is 136 Å². The highest BCUT2D eigenvalue weighted by Crippen LogP contribution is 2.32. The van der Waals surface area contributed by atoms with E-state index >= 15 is 0 Å². The van der Waals surface area contributed by atoms with Gasteiger partial charge in [0.2, 0.25) is 0 Å². The molecule has 3 rings (SSSR count). The number of aliphatic hydroxyl groups is 1. The first-order valence-electron chi connectivity index (χ1n) is 8.17. The first-order chi connectivity index (χ1) is 11.1. The molecule has 2 unspecified atom stereocenters. The number of carbonyl (C=O) groups is 1. The lowest BCUT2D eigenvalue weighted by Gasteiger charge is -2.17. The molecule has 1 aromatic heterocycles. The molecule has 2 aromatic rings. The van der Waals surface area contributed by atoms with Crippen LogP contribution in [-0.4, -0.2) is 42.4 Å². The number of amides is 1. The lowest BCUT2D eigenvalue weighted by molar-refractivity contribution is 0.0610. The molecule has 0 saturated heterocycles. The third kappa shape index (κ3) is 3.26. The molecule has 0 saturated carbocycles. The number of aromatic amines is 1. The van der Waals surface area contributed by atoms with Crippen LogP contribution in [0.3, 0.4) is 0 Å². The Kier molecular flexibility index (Phi) is 4.68. The zero-order chi connectivity index (χ0) is 16.4. The van der Waals surface area contributed by atoms with Gasteiger partial charge in [0.15, 0.2) is 0 Å². The van der Waals surface area contributed by atoms with Gasteiger partial charge in [0.1, 0.15) is 0 Å².